The van der Waals surface area contributed by atoms with E-state index in [0.717, 1.165) is 12.0 Å². The van der Waals surface area contributed by atoms with E-state index in [4.69, 9.17) is 0 Å². The highest BCUT2D eigenvalue weighted by Gasteiger charge is 2.61. The van der Waals surface area contributed by atoms with Crippen molar-refractivity contribution in [3.05, 3.63) is 29.6 Å². The number of aryl methyl sites for hydroxylation is 1. The summed E-state index contributed by atoms with van der Waals surface area (Å²) in [7, 11) is 1.17. The van der Waals surface area contributed by atoms with E-state index >= 15 is 0 Å². The van der Waals surface area contributed by atoms with E-state index in [1.54, 1.807) is 12.3 Å². The number of ketones is 2. The van der Waals surface area contributed by atoms with Crippen molar-refractivity contribution in [2.24, 2.45) is 5.92 Å². The Bertz CT molecular complexity index is 632. The molecule has 2 aliphatic heterocycles. The van der Waals surface area contributed by atoms with Crippen molar-refractivity contribution in [2.75, 3.05) is 7.11 Å². The standard InChI is InChI=1S/C16H18N2O4/c1-9-3-6-12(17-8-9)13(19)11-5-4-10-7-16(11,18-10)14(20)15(21)22-2/h3,6,8,10-11,18H,4-5,7H2,1-2H3/t10?,11?,16-/m1/s1. The van der Waals surface area contributed by atoms with Crippen molar-refractivity contribution in [2.45, 2.75) is 37.8 Å². The molecule has 6 heteroatoms. The fourth-order valence-electron chi connectivity index (χ4n) is 3.50. The Morgan fingerprint density at radius 1 is 1.32 bits per heavy atom. The predicted molar refractivity (Wildman–Crippen MR) is 77.3 cm³/mol. The van der Waals surface area contributed by atoms with E-state index in [0.29, 0.717) is 18.5 Å². The second kappa shape index (κ2) is 5.28. The highest BCUT2D eigenvalue weighted by molar-refractivity contribution is 6.38. The zero-order valence-electron chi connectivity index (χ0n) is 12.6. The fraction of sp³-hybridized carbons (Fsp3) is 0.500. The number of Topliss-reactive ketones (excluding diaryl/α,β-unsaturated/α-hetero) is 2. The fourth-order valence-corrected chi connectivity index (χ4v) is 3.50. The van der Waals surface area contributed by atoms with Crippen LogP contribution >= 0.6 is 0 Å². The molecular weight excluding hydrogens is 284 g/mol. The van der Waals surface area contributed by atoms with Crippen LogP contribution in [-0.4, -0.2) is 41.2 Å². The SMILES string of the molecule is COC(=O)C(=O)[C@@]12CC(CCC1C(=O)c1ccc(C)cn1)N2. The molecule has 0 aromatic carbocycles. The minimum Gasteiger partial charge on any atom is -0.463 e. The maximum absolute atomic E-state index is 12.8. The van der Waals surface area contributed by atoms with Crippen LogP contribution in [0.4, 0.5) is 0 Å². The van der Waals surface area contributed by atoms with E-state index in [1.807, 2.05) is 13.0 Å². The summed E-state index contributed by atoms with van der Waals surface area (Å²) in [6.45, 7) is 1.89. The van der Waals surface area contributed by atoms with Crippen molar-refractivity contribution in [1.82, 2.24) is 10.3 Å². The Kier molecular flexibility index (Phi) is 3.56. The van der Waals surface area contributed by atoms with Crippen LogP contribution in [-0.2, 0) is 14.3 Å². The quantitative estimate of drug-likeness (QED) is 0.503. The summed E-state index contributed by atoms with van der Waals surface area (Å²) in [5.41, 5.74) is 0.182. The number of fused-ring (bicyclic) bond motifs is 2. The van der Waals surface area contributed by atoms with Crippen LogP contribution in [0.2, 0.25) is 0 Å². The molecular formula is C16H18N2O4. The van der Waals surface area contributed by atoms with E-state index in [-0.39, 0.29) is 11.8 Å². The van der Waals surface area contributed by atoms with Crippen LogP contribution in [0, 0.1) is 12.8 Å². The van der Waals surface area contributed by atoms with Crippen LogP contribution in [0.1, 0.15) is 35.3 Å². The number of piperidine rings is 1. The molecule has 6 nitrogen and oxygen atoms in total. The normalized spacial score (nSPS) is 29.4. The molecule has 22 heavy (non-hydrogen) atoms. The number of nitrogens with zero attached hydrogens (tertiary/aromatic N) is 1. The number of pyridine rings is 1. The third-order valence-corrected chi connectivity index (χ3v) is 4.69. The lowest BCUT2D eigenvalue weighted by atomic mass is 9.60. The molecule has 0 radical (unpaired) electrons. The number of aromatic nitrogens is 1. The highest BCUT2D eigenvalue weighted by atomic mass is 16.5. The summed E-state index contributed by atoms with van der Waals surface area (Å²) in [5.74, 6) is -2.32. The maximum atomic E-state index is 12.8. The number of hydrogen-bond acceptors (Lipinski definition) is 6. The van der Waals surface area contributed by atoms with Gasteiger partial charge in [0.25, 0.3) is 5.78 Å². The number of rotatable bonds is 4. The number of carbonyl (C=O) groups excluding carboxylic acids is 3. The monoisotopic (exact) mass is 302 g/mol. The first-order valence-electron chi connectivity index (χ1n) is 7.35. The number of carbonyl (C=O) groups is 3. The molecule has 4 rings (SSSR count). The number of hydrogen-bond donors (Lipinski definition) is 1. The second-order valence-electron chi connectivity index (χ2n) is 6.05. The summed E-state index contributed by atoms with van der Waals surface area (Å²) in [6, 6.07) is 3.68. The van der Waals surface area contributed by atoms with Crippen LogP contribution in [0.3, 0.4) is 0 Å². The molecule has 1 aliphatic carbocycles. The number of nitrogens with one attached hydrogen (secondary N) is 1. The van der Waals surface area contributed by atoms with Crippen molar-refractivity contribution in [3.8, 4) is 0 Å². The molecule has 3 heterocycles. The van der Waals surface area contributed by atoms with Crippen molar-refractivity contribution >= 4 is 17.5 Å². The molecule has 3 aliphatic rings. The van der Waals surface area contributed by atoms with Gasteiger partial charge in [0, 0.05) is 12.2 Å². The third kappa shape index (κ3) is 2.14. The highest BCUT2D eigenvalue weighted by Crippen LogP contribution is 2.44. The molecule has 1 aromatic heterocycles. The number of methoxy groups -OCH3 is 1. The molecule has 1 saturated carbocycles. The molecule has 1 aromatic rings. The van der Waals surface area contributed by atoms with Crippen LogP contribution in [0.25, 0.3) is 0 Å². The van der Waals surface area contributed by atoms with Crippen LogP contribution < -0.4 is 5.32 Å². The molecule has 3 atom stereocenters. The van der Waals surface area contributed by atoms with Gasteiger partial charge in [0.15, 0.2) is 5.78 Å². The lowest BCUT2D eigenvalue weighted by molar-refractivity contribution is -0.160. The Balaban J connectivity index is 1.90. The van der Waals surface area contributed by atoms with Gasteiger partial charge in [-0.1, -0.05) is 6.07 Å². The van der Waals surface area contributed by atoms with Gasteiger partial charge in [-0.3, -0.25) is 14.6 Å². The maximum Gasteiger partial charge on any atom is 0.376 e. The van der Waals surface area contributed by atoms with Crippen LogP contribution in [0.15, 0.2) is 18.3 Å². The van der Waals surface area contributed by atoms with Gasteiger partial charge in [0.1, 0.15) is 11.2 Å². The van der Waals surface area contributed by atoms with Gasteiger partial charge < -0.3 is 10.1 Å². The van der Waals surface area contributed by atoms with E-state index < -0.39 is 23.2 Å². The molecule has 1 N–H and O–H groups in total. The van der Waals surface area contributed by atoms with Gasteiger partial charge in [-0.15, -0.1) is 0 Å². The molecule has 0 amide bonds. The largest absolute Gasteiger partial charge is 0.463 e. The van der Waals surface area contributed by atoms with Gasteiger partial charge in [-0.05, 0) is 37.8 Å². The van der Waals surface area contributed by atoms with Crippen LogP contribution in [0.5, 0.6) is 0 Å². The summed E-state index contributed by atoms with van der Waals surface area (Å²) in [5, 5.41) is 3.12. The van der Waals surface area contributed by atoms with Gasteiger partial charge in [-0.2, -0.15) is 0 Å². The molecule has 2 bridgehead atoms. The lowest BCUT2D eigenvalue weighted by Crippen LogP contribution is -2.76. The third-order valence-electron chi connectivity index (χ3n) is 4.69. The van der Waals surface area contributed by atoms with Gasteiger partial charge in [-0.25, -0.2) is 4.79 Å². The smallest absolute Gasteiger partial charge is 0.376 e. The minimum absolute atomic E-state index is 0.192. The molecule has 2 saturated heterocycles. The zero-order valence-corrected chi connectivity index (χ0v) is 12.6. The predicted octanol–water partition coefficient (Wildman–Crippen LogP) is 0.826. The minimum atomic E-state index is -1.11. The average Bonchev–Trinajstić information content (AvgIpc) is 2.52. The Hall–Kier alpha value is -2.08. The number of esters is 1. The van der Waals surface area contributed by atoms with E-state index in [9.17, 15) is 14.4 Å². The van der Waals surface area contributed by atoms with Crippen molar-refractivity contribution < 1.29 is 19.1 Å². The van der Waals surface area contributed by atoms with E-state index in [2.05, 4.69) is 15.0 Å². The van der Waals surface area contributed by atoms with Gasteiger partial charge in [0.05, 0.1) is 13.0 Å². The van der Waals surface area contributed by atoms with Crippen molar-refractivity contribution in [3.63, 3.8) is 0 Å². The molecule has 0 spiro atoms. The van der Waals surface area contributed by atoms with Gasteiger partial charge >= 0.3 is 5.97 Å². The molecule has 2 unspecified atom stereocenters. The summed E-state index contributed by atoms with van der Waals surface area (Å²) < 4.78 is 4.55. The second-order valence-corrected chi connectivity index (χ2v) is 6.05. The Labute approximate surface area is 128 Å². The molecule has 3 fully saturated rings. The Morgan fingerprint density at radius 3 is 2.64 bits per heavy atom. The first-order valence-corrected chi connectivity index (χ1v) is 7.35. The first-order chi connectivity index (χ1) is 10.5. The summed E-state index contributed by atoms with van der Waals surface area (Å²) in [4.78, 5) is 40.9. The zero-order chi connectivity index (χ0) is 15.9. The molecule has 116 valence electrons. The van der Waals surface area contributed by atoms with Crippen molar-refractivity contribution in [1.29, 1.82) is 0 Å². The number of ether oxygens (including phenoxy) is 1. The summed E-state index contributed by atoms with van der Waals surface area (Å²) >= 11 is 0. The average molecular weight is 302 g/mol. The first kappa shape index (κ1) is 14.8. The lowest BCUT2D eigenvalue weighted by Gasteiger charge is -2.55. The van der Waals surface area contributed by atoms with Gasteiger partial charge in [0.2, 0.25) is 0 Å². The topological polar surface area (TPSA) is 85.4 Å². The van der Waals surface area contributed by atoms with E-state index in [1.165, 1.54) is 7.11 Å². The summed E-state index contributed by atoms with van der Waals surface area (Å²) in [6.07, 6.45) is 3.53. The Morgan fingerprint density at radius 2 is 2.05 bits per heavy atom.